The predicted molar refractivity (Wildman–Crippen MR) is 113 cm³/mol. The van der Waals surface area contributed by atoms with Crippen molar-refractivity contribution < 1.29 is 19.4 Å². The lowest BCUT2D eigenvalue weighted by Crippen LogP contribution is -2.41. The summed E-state index contributed by atoms with van der Waals surface area (Å²) in [5, 5.41) is 11.0. The molecule has 2 heterocycles. The van der Waals surface area contributed by atoms with E-state index in [1.807, 2.05) is 62.4 Å². The van der Waals surface area contributed by atoms with Crippen LogP contribution in [0.2, 0.25) is 0 Å². The van der Waals surface area contributed by atoms with Crippen LogP contribution in [-0.4, -0.2) is 39.6 Å². The van der Waals surface area contributed by atoms with Crippen LogP contribution < -0.4 is 0 Å². The van der Waals surface area contributed by atoms with Crippen LogP contribution in [0, 0.1) is 13.8 Å². The van der Waals surface area contributed by atoms with Gasteiger partial charge in [-0.25, -0.2) is 9.69 Å². The fourth-order valence-corrected chi connectivity index (χ4v) is 4.17. The van der Waals surface area contributed by atoms with Crippen molar-refractivity contribution in [3.05, 3.63) is 77.0 Å². The van der Waals surface area contributed by atoms with Gasteiger partial charge in [-0.3, -0.25) is 9.78 Å². The summed E-state index contributed by atoms with van der Waals surface area (Å²) >= 11 is 0. The Kier molecular flexibility index (Phi) is 5.50. The second-order valence-electron chi connectivity index (χ2n) is 7.73. The van der Waals surface area contributed by atoms with Crippen molar-refractivity contribution in [1.29, 1.82) is 0 Å². The van der Waals surface area contributed by atoms with E-state index in [0.717, 1.165) is 38.1 Å². The summed E-state index contributed by atoms with van der Waals surface area (Å²) in [5.41, 5.74) is 4.65. The Morgan fingerprint density at radius 3 is 2.60 bits per heavy atom. The van der Waals surface area contributed by atoms with Gasteiger partial charge in [-0.15, -0.1) is 0 Å². The summed E-state index contributed by atoms with van der Waals surface area (Å²) in [6.45, 7) is 3.57. The molecule has 6 nitrogen and oxygen atoms in total. The fourth-order valence-electron chi connectivity index (χ4n) is 4.17. The molecule has 0 aliphatic carbocycles. The van der Waals surface area contributed by atoms with Gasteiger partial charge in [-0.05, 0) is 37.5 Å². The maximum atomic E-state index is 12.9. The van der Waals surface area contributed by atoms with Crippen LogP contribution in [-0.2, 0) is 16.0 Å². The van der Waals surface area contributed by atoms with E-state index in [1.54, 1.807) is 6.20 Å². The van der Waals surface area contributed by atoms with Crippen molar-refractivity contribution in [2.45, 2.75) is 38.8 Å². The monoisotopic (exact) mass is 404 g/mol. The van der Waals surface area contributed by atoms with Gasteiger partial charge >= 0.3 is 6.09 Å². The molecule has 2 atom stereocenters. The van der Waals surface area contributed by atoms with Crippen molar-refractivity contribution in [2.24, 2.45) is 0 Å². The summed E-state index contributed by atoms with van der Waals surface area (Å²) in [4.78, 5) is 30.9. The highest BCUT2D eigenvalue weighted by Crippen LogP contribution is 2.34. The fraction of sp³-hybridized carbons (Fsp3) is 0.292. The Balaban J connectivity index is 1.53. The van der Waals surface area contributed by atoms with Crippen molar-refractivity contribution in [1.82, 2.24) is 9.88 Å². The van der Waals surface area contributed by atoms with Gasteiger partial charge in [0.1, 0.15) is 6.04 Å². The zero-order valence-electron chi connectivity index (χ0n) is 17.0. The number of pyridine rings is 1. The number of benzene rings is 2. The molecule has 3 aromatic rings. The largest absolute Gasteiger partial charge is 0.439 e. The van der Waals surface area contributed by atoms with Crippen LogP contribution >= 0.6 is 0 Å². The zero-order valence-corrected chi connectivity index (χ0v) is 17.0. The third-order valence-corrected chi connectivity index (χ3v) is 5.46. The summed E-state index contributed by atoms with van der Waals surface area (Å²) in [5.74, 6) is -0.362. The lowest BCUT2D eigenvalue weighted by Gasteiger charge is -2.22. The number of nitrogens with zero attached hydrogens (tertiary/aromatic N) is 2. The molecular formula is C24H24N2O4. The highest BCUT2D eigenvalue weighted by Gasteiger charge is 2.45. The molecule has 1 aromatic heterocycles. The molecule has 30 heavy (non-hydrogen) atoms. The highest BCUT2D eigenvalue weighted by molar-refractivity contribution is 5.94. The molecule has 1 aliphatic heterocycles. The number of aromatic nitrogens is 1. The van der Waals surface area contributed by atoms with E-state index in [9.17, 15) is 14.7 Å². The van der Waals surface area contributed by atoms with Crippen molar-refractivity contribution in [3.63, 3.8) is 0 Å². The van der Waals surface area contributed by atoms with Gasteiger partial charge in [0.15, 0.2) is 6.10 Å². The van der Waals surface area contributed by atoms with E-state index >= 15 is 0 Å². The SMILES string of the molecule is Cc1cc(C)cc([C@H]2OC(=O)N(C(=O)CCc3cccc4cccnc34)[C@H]2CO)c1. The number of aryl methyl sites for hydroxylation is 3. The molecule has 6 heteroatoms. The molecule has 1 saturated heterocycles. The normalized spacial score (nSPS) is 18.6. The Bertz CT molecular complexity index is 1090. The van der Waals surface area contributed by atoms with Crippen LogP contribution in [0.25, 0.3) is 10.9 Å². The minimum Gasteiger partial charge on any atom is -0.439 e. The molecule has 0 saturated carbocycles. The third-order valence-electron chi connectivity index (χ3n) is 5.46. The van der Waals surface area contributed by atoms with Crippen LogP contribution in [0.5, 0.6) is 0 Å². The number of para-hydroxylation sites is 1. The second-order valence-corrected chi connectivity index (χ2v) is 7.73. The smallest absolute Gasteiger partial charge is 0.417 e. The molecule has 4 rings (SSSR count). The zero-order chi connectivity index (χ0) is 21.3. The number of amides is 2. The number of hydrogen-bond donors (Lipinski definition) is 1. The molecule has 154 valence electrons. The van der Waals surface area contributed by atoms with E-state index in [-0.39, 0.29) is 18.9 Å². The maximum Gasteiger partial charge on any atom is 0.417 e. The number of carbonyl (C=O) groups is 2. The topological polar surface area (TPSA) is 79.7 Å². The summed E-state index contributed by atoms with van der Waals surface area (Å²) in [6, 6.07) is 14.8. The number of ether oxygens (including phenoxy) is 1. The molecule has 0 unspecified atom stereocenters. The van der Waals surface area contributed by atoms with Gasteiger partial charge in [-0.1, -0.05) is 53.6 Å². The van der Waals surface area contributed by atoms with Crippen LogP contribution in [0.1, 0.15) is 34.8 Å². The molecule has 0 bridgehead atoms. The Morgan fingerprint density at radius 1 is 1.13 bits per heavy atom. The van der Waals surface area contributed by atoms with Gasteiger partial charge < -0.3 is 9.84 Å². The summed E-state index contributed by atoms with van der Waals surface area (Å²) < 4.78 is 5.51. The molecule has 0 spiro atoms. The van der Waals surface area contributed by atoms with Gasteiger partial charge in [0.05, 0.1) is 12.1 Å². The first-order valence-electron chi connectivity index (χ1n) is 10.0. The van der Waals surface area contributed by atoms with E-state index in [0.29, 0.717) is 6.42 Å². The first-order valence-corrected chi connectivity index (χ1v) is 10.0. The van der Waals surface area contributed by atoms with Crippen LogP contribution in [0.4, 0.5) is 4.79 Å². The number of cyclic esters (lactones) is 1. The first-order chi connectivity index (χ1) is 14.5. The van der Waals surface area contributed by atoms with Crippen molar-refractivity contribution in [2.75, 3.05) is 6.61 Å². The molecule has 0 radical (unpaired) electrons. The standard InChI is InChI=1S/C24H24N2O4/c1-15-11-16(2)13-19(12-15)23-20(14-27)26(24(29)30-23)21(28)9-8-18-6-3-5-17-7-4-10-25-22(17)18/h3-7,10-13,20,23,27H,8-9,14H2,1-2H3/t20-,23+/m0/s1. The minimum absolute atomic E-state index is 0.126. The van der Waals surface area contributed by atoms with Gasteiger partial charge in [-0.2, -0.15) is 0 Å². The third kappa shape index (κ3) is 3.78. The van der Waals surface area contributed by atoms with E-state index in [1.165, 1.54) is 0 Å². The number of aliphatic hydroxyl groups excluding tert-OH is 1. The number of fused-ring (bicyclic) bond motifs is 1. The average Bonchev–Trinajstić information content (AvgIpc) is 3.07. The van der Waals surface area contributed by atoms with Crippen molar-refractivity contribution in [3.8, 4) is 0 Å². The lowest BCUT2D eigenvalue weighted by atomic mass is 9.98. The Morgan fingerprint density at radius 2 is 1.87 bits per heavy atom. The number of carbonyl (C=O) groups excluding carboxylic acids is 2. The van der Waals surface area contributed by atoms with Crippen LogP contribution in [0.3, 0.4) is 0 Å². The number of aliphatic hydroxyl groups is 1. The molecule has 1 aliphatic rings. The highest BCUT2D eigenvalue weighted by atomic mass is 16.6. The Hall–Kier alpha value is -3.25. The molecular weight excluding hydrogens is 380 g/mol. The number of rotatable bonds is 5. The summed E-state index contributed by atoms with van der Waals surface area (Å²) in [7, 11) is 0. The molecule has 2 aromatic carbocycles. The first kappa shape index (κ1) is 20.0. The maximum absolute atomic E-state index is 12.9. The summed E-state index contributed by atoms with van der Waals surface area (Å²) in [6.07, 6.45) is 0.912. The Labute approximate surface area is 175 Å². The molecule has 1 fully saturated rings. The quantitative estimate of drug-likeness (QED) is 0.698. The lowest BCUT2D eigenvalue weighted by molar-refractivity contribution is -0.129. The van der Waals surface area contributed by atoms with E-state index in [2.05, 4.69) is 4.98 Å². The van der Waals surface area contributed by atoms with Gasteiger partial charge in [0.25, 0.3) is 0 Å². The van der Waals surface area contributed by atoms with Crippen molar-refractivity contribution >= 4 is 22.9 Å². The van der Waals surface area contributed by atoms with E-state index < -0.39 is 18.2 Å². The second kappa shape index (κ2) is 8.24. The number of imide groups is 1. The van der Waals surface area contributed by atoms with E-state index in [4.69, 9.17) is 4.74 Å². The molecule has 1 N–H and O–H groups in total. The molecule has 2 amide bonds. The minimum atomic E-state index is -0.739. The van der Waals surface area contributed by atoms with Gasteiger partial charge in [0, 0.05) is 18.0 Å². The predicted octanol–water partition coefficient (Wildman–Crippen LogP) is 3.87. The number of hydrogen-bond acceptors (Lipinski definition) is 5. The average molecular weight is 404 g/mol. The van der Waals surface area contributed by atoms with Gasteiger partial charge in [0.2, 0.25) is 5.91 Å². The van der Waals surface area contributed by atoms with Crippen LogP contribution in [0.15, 0.2) is 54.7 Å².